The highest BCUT2D eigenvalue weighted by atomic mass is 16.5. The van der Waals surface area contributed by atoms with Crippen LogP contribution < -0.4 is 4.74 Å². The summed E-state index contributed by atoms with van der Waals surface area (Å²) in [5.74, 6) is 2.54. The van der Waals surface area contributed by atoms with Gasteiger partial charge >= 0.3 is 0 Å². The summed E-state index contributed by atoms with van der Waals surface area (Å²) in [6, 6.07) is 25.3. The molecule has 0 radical (unpaired) electrons. The highest BCUT2D eigenvalue weighted by Crippen LogP contribution is 2.28. The highest BCUT2D eigenvalue weighted by Gasteiger charge is 2.13. The Hall–Kier alpha value is -3.07. The molecular formula is C27H30N2O. The number of fused-ring (bicyclic) bond motifs is 1. The van der Waals surface area contributed by atoms with Crippen molar-refractivity contribution in [3.05, 3.63) is 83.9 Å². The lowest BCUT2D eigenvalue weighted by atomic mass is 10.0. The molecule has 30 heavy (non-hydrogen) atoms. The quantitative estimate of drug-likeness (QED) is 0.299. The number of imidazole rings is 1. The van der Waals surface area contributed by atoms with Crippen LogP contribution in [0.3, 0.4) is 0 Å². The Bertz CT molecular complexity index is 1130. The fraction of sp³-hybridized carbons (Fsp3) is 0.296. The third-order valence-corrected chi connectivity index (χ3v) is 5.62. The average Bonchev–Trinajstić information content (AvgIpc) is 3.12. The van der Waals surface area contributed by atoms with Crippen molar-refractivity contribution in [3.63, 3.8) is 0 Å². The third kappa shape index (κ3) is 4.25. The monoisotopic (exact) mass is 398 g/mol. The molecule has 1 aromatic heterocycles. The number of hydrogen-bond donors (Lipinski definition) is 0. The second-order valence-electron chi connectivity index (χ2n) is 8.14. The van der Waals surface area contributed by atoms with Gasteiger partial charge in [-0.1, -0.05) is 68.4 Å². The highest BCUT2D eigenvalue weighted by molar-refractivity contribution is 5.81. The lowest BCUT2D eigenvalue weighted by Gasteiger charge is -2.14. The first-order valence-electron chi connectivity index (χ1n) is 10.9. The molecule has 3 nitrogen and oxygen atoms in total. The van der Waals surface area contributed by atoms with E-state index in [1.54, 1.807) is 0 Å². The van der Waals surface area contributed by atoms with Crippen molar-refractivity contribution in [2.24, 2.45) is 0 Å². The summed E-state index contributed by atoms with van der Waals surface area (Å²) in [6.45, 7) is 8.23. The number of benzene rings is 3. The average molecular weight is 399 g/mol. The van der Waals surface area contributed by atoms with Crippen LogP contribution in [0.4, 0.5) is 0 Å². The molecule has 0 fully saturated rings. The minimum absolute atomic E-state index is 0.468. The second-order valence-corrected chi connectivity index (χ2v) is 8.14. The molecule has 0 saturated carbocycles. The molecule has 4 rings (SSSR count). The first-order valence-corrected chi connectivity index (χ1v) is 10.9. The van der Waals surface area contributed by atoms with Crippen molar-refractivity contribution in [3.8, 4) is 17.1 Å². The zero-order valence-electron chi connectivity index (χ0n) is 18.1. The summed E-state index contributed by atoms with van der Waals surface area (Å²) < 4.78 is 8.48. The molecule has 4 aromatic rings. The number of unbranched alkanes of at least 4 members (excludes halogenated alkanes) is 1. The Balaban J connectivity index is 1.47. The Kier molecular flexibility index (Phi) is 6.18. The van der Waals surface area contributed by atoms with Crippen LogP contribution >= 0.6 is 0 Å². The van der Waals surface area contributed by atoms with Crippen molar-refractivity contribution >= 4 is 11.0 Å². The van der Waals surface area contributed by atoms with Gasteiger partial charge in [0.15, 0.2) is 0 Å². The van der Waals surface area contributed by atoms with Gasteiger partial charge in [-0.15, -0.1) is 0 Å². The maximum absolute atomic E-state index is 6.11. The molecule has 0 amide bonds. The Labute approximate surface area is 179 Å². The van der Waals surface area contributed by atoms with E-state index in [0.717, 1.165) is 43.1 Å². The number of rotatable bonds is 8. The van der Waals surface area contributed by atoms with Gasteiger partial charge in [-0.2, -0.15) is 0 Å². The number of ether oxygens (including phenoxy) is 1. The minimum atomic E-state index is 0.468. The van der Waals surface area contributed by atoms with Gasteiger partial charge in [-0.05, 0) is 55.0 Å². The first kappa shape index (κ1) is 20.2. The van der Waals surface area contributed by atoms with Crippen molar-refractivity contribution in [2.75, 3.05) is 6.61 Å². The van der Waals surface area contributed by atoms with E-state index < -0.39 is 0 Å². The fourth-order valence-electron chi connectivity index (χ4n) is 3.97. The largest absolute Gasteiger partial charge is 0.493 e. The van der Waals surface area contributed by atoms with Gasteiger partial charge in [0.2, 0.25) is 0 Å². The zero-order chi connectivity index (χ0) is 20.9. The van der Waals surface area contributed by atoms with Crippen molar-refractivity contribution in [2.45, 2.75) is 46.1 Å². The molecule has 0 spiro atoms. The van der Waals surface area contributed by atoms with E-state index in [1.165, 1.54) is 22.2 Å². The Morgan fingerprint density at radius 1 is 0.867 bits per heavy atom. The number of aromatic nitrogens is 2. The number of hydrogen-bond acceptors (Lipinski definition) is 2. The summed E-state index contributed by atoms with van der Waals surface area (Å²) >= 11 is 0. The molecule has 0 N–H and O–H groups in total. The Morgan fingerprint density at radius 2 is 1.60 bits per heavy atom. The molecule has 3 aromatic carbocycles. The van der Waals surface area contributed by atoms with E-state index in [4.69, 9.17) is 9.72 Å². The van der Waals surface area contributed by atoms with Crippen molar-refractivity contribution in [1.82, 2.24) is 9.55 Å². The van der Waals surface area contributed by atoms with Crippen LogP contribution in [0.5, 0.6) is 5.75 Å². The SMILES string of the molecule is Cc1ccccc1-c1nc2ccccc2n1CCCCOc1ccccc1C(C)C. The molecule has 0 aliphatic heterocycles. The van der Waals surface area contributed by atoms with Gasteiger partial charge in [-0.25, -0.2) is 4.98 Å². The van der Waals surface area contributed by atoms with Crippen LogP contribution in [0.2, 0.25) is 0 Å². The maximum Gasteiger partial charge on any atom is 0.141 e. The third-order valence-electron chi connectivity index (χ3n) is 5.62. The van der Waals surface area contributed by atoms with Gasteiger partial charge in [0.1, 0.15) is 11.6 Å². The first-order chi connectivity index (χ1) is 14.6. The topological polar surface area (TPSA) is 27.1 Å². The van der Waals surface area contributed by atoms with Crippen LogP contribution in [0.1, 0.15) is 43.7 Å². The predicted octanol–water partition coefficient (Wildman–Crippen LogP) is 6.99. The van der Waals surface area contributed by atoms with Crippen LogP contribution in [-0.4, -0.2) is 16.2 Å². The van der Waals surface area contributed by atoms with Gasteiger partial charge in [0.05, 0.1) is 17.6 Å². The molecule has 0 bridgehead atoms. The van der Waals surface area contributed by atoms with Crippen LogP contribution in [0.25, 0.3) is 22.4 Å². The van der Waals surface area contributed by atoms with Crippen LogP contribution in [0.15, 0.2) is 72.8 Å². The maximum atomic E-state index is 6.11. The van der Waals surface area contributed by atoms with Gasteiger partial charge in [0.25, 0.3) is 0 Å². The van der Waals surface area contributed by atoms with Gasteiger partial charge in [-0.3, -0.25) is 0 Å². The molecular weight excluding hydrogens is 368 g/mol. The lowest BCUT2D eigenvalue weighted by Crippen LogP contribution is -2.05. The van der Waals surface area contributed by atoms with Crippen LogP contribution in [0, 0.1) is 6.92 Å². The predicted molar refractivity (Wildman–Crippen MR) is 125 cm³/mol. The standard InChI is InChI=1S/C27H30N2O/c1-20(2)22-13-6-9-17-26(22)30-19-11-10-18-29-25-16-8-7-15-24(25)28-27(29)23-14-5-4-12-21(23)3/h4-9,12-17,20H,10-11,18-19H2,1-3H3. The van der Waals surface area contributed by atoms with Crippen LogP contribution in [-0.2, 0) is 6.54 Å². The van der Waals surface area contributed by atoms with E-state index in [0.29, 0.717) is 5.92 Å². The summed E-state index contributed by atoms with van der Waals surface area (Å²) in [5, 5.41) is 0. The summed E-state index contributed by atoms with van der Waals surface area (Å²) in [4.78, 5) is 4.95. The number of aryl methyl sites for hydroxylation is 2. The van der Waals surface area contributed by atoms with Crippen molar-refractivity contribution in [1.29, 1.82) is 0 Å². The Morgan fingerprint density at radius 3 is 2.43 bits per heavy atom. The molecule has 0 aliphatic rings. The molecule has 154 valence electrons. The molecule has 0 saturated heterocycles. The number of nitrogens with zero attached hydrogens (tertiary/aromatic N) is 2. The van der Waals surface area contributed by atoms with Gasteiger partial charge in [0, 0.05) is 12.1 Å². The van der Waals surface area contributed by atoms with E-state index in [-0.39, 0.29) is 0 Å². The zero-order valence-corrected chi connectivity index (χ0v) is 18.1. The van der Waals surface area contributed by atoms with E-state index >= 15 is 0 Å². The molecule has 0 unspecified atom stereocenters. The lowest BCUT2D eigenvalue weighted by molar-refractivity contribution is 0.299. The normalized spacial score (nSPS) is 11.3. The van der Waals surface area contributed by atoms with E-state index in [2.05, 4.69) is 92.1 Å². The fourth-order valence-corrected chi connectivity index (χ4v) is 3.97. The smallest absolute Gasteiger partial charge is 0.141 e. The van der Waals surface area contributed by atoms with Gasteiger partial charge < -0.3 is 9.30 Å². The summed E-state index contributed by atoms with van der Waals surface area (Å²) in [7, 11) is 0. The molecule has 3 heteroatoms. The minimum Gasteiger partial charge on any atom is -0.493 e. The number of para-hydroxylation sites is 3. The summed E-state index contributed by atoms with van der Waals surface area (Å²) in [6.07, 6.45) is 2.05. The summed E-state index contributed by atoms with van der Waals surface area (Å²) in [5.41, 5.74) is 5.98. The van der Waals surface area contributed by atoms with Crippen molar-refractivity contribution < 1.29 is 4.74 Å². The molecule has 1 heterocycles. The van der Waals surface area contributed by atoms with E-state index in [1.807, 2.05) is 6.07 Å². The molecule has 0 aliphatic carbocycles. The second kappa shape index (κ2) is 9.17. The molecule has 0 atom stereocenters. The van der Waals surface area contributed by atoms with E-state index in [9.17, 15) is 0 Å².